The summed E-state index contributed by atoms with van der Waals surface area (Å²) in [5, 5.41) is 4.60. The third kappa shape index (κ3) is 4.67. The zero-order valence-corrected chi connectivity index (χ0v) is 13.4. The third-order valence-electron chi connectivity index (χ3n) is 4.02. The first-order valence-electron chi connectivity index (χ1n) is 7.02. The summed E-state index contributed by atoms with van der Waals surface area (Å²) in [5.74, 6) is 2.20. The van der Waals surface area contributed by atoms with E-state index in [0.29, 0.717) is 13.0 Å². The first-order valence-corrected chi connectivity index (χ1v) is 10.1. The molecule has 0 bridgehead atoms. The van der Waals surface area contributed by atoms with E-state index in [9.17, 15) is 8.42 Å². The van der Waals surface area contributed by atoms with Crippen LogP contribution < -0.4 is 5.32 Å². The molecule has 0 radical (unpaired) electrons. The van der Waals surface area contributed by atoms with Gasteiger partial charge in [-0.15, -0.1) is 0 Å². The number of hydrogen-bond donors (Lipinski definition) is 1. The van der Waals surface area contributed by atoms with Crippen molar-refractivity contribution in [1.29, 1.82) is 0 Å². The van der Waals surface area contributed by atoms with Gasteiger partial charge in [-0.1, -0.05) is 18.7 Å². The first kappa shape index (κ1) is 15.2. The van der Waals surface area contributed by atoms with Gasteiger partial charge < -0.3 is 5.32 Å². The van der Waals surface area contributed by atoms with Crippen LogP contribution in [0.1, 0.15) is 39.0 Å². The third-order valence-corrected chi connectivity index (χ3v) is 6.25. The van der Waals surface area contributed by atoms with Crippen molar-refractivity contribution < 1.29 is 8.42 Å². The summed E-state index contributed by atoms with van der Waals surface area (Å²) >= 11 is 1.80. The molecule has 1 aliphatic heterocycles. The summed E-state index contributed by atoms with van der Waals surface area (Å²) < 4.78 is 22.1. The molecule has 2 aliphatic rings. The highest BCUT2D eigenvalue weighted by Crippen LogP contribution is 2.38. The molecule has 0 aromatic heterocycles. The van der Waals surface area contributed by atoms with Crippen LogP contribution in [0, 0.1) is 5.92 Å². The highest BCUT2D eigenvalue weighted by atomic mass is 32.2. The van der Waals surface area contributed by atoms with E-state index in [2.05, 4.69) is 17.2 Å². The second-order valence-electron chi connectivity index (χ2n) is 6.05. The summed E-state index contributed by atoms with van der Waals surface area (Å²) in [6, 6.07) is 0. The summed E-state index contributed by atoms with van der Waals surface area (Å²) in [4.78, 5) is 4.50. The molecule has 4 nitrogen and oxygen atoms in total. The fraction of sp³-hybridized carbons (Fsp3) is 0.923. The first-order chi connectivity index (χ1) is 8.89. The van der Waals surface area contributed by atoms with Crippen LogP contribution in [0.4, 0.5) is 0 Å². The highest BCUT2D eigenvalue weighted by Gasteiger charge is 2.39. The molecule has 0 atom stereocenters. The summed E-state index contributed by atoms with van der Waals surface area (Å²) in [5.41, 5.74) is 0.271. The van der Waals surface area contributed by atoms with Crippen molar-refractivity contribution in [2.75, 3.05) is 24.3 Å². The van der Waals surface area contributed by atoms with Gasteiger partial charge in [0.15, 0.2) is 5.17 Å². The molecular formula is C13H24N2O2S2. The molecule has 1 N–H and O–H groups in total. The van der Waals surface area contributed by atoms with Crippen LogP contribution in [0.5, 0.6) is 0 Å². The molecule has 1 saturated heterocycles. The lowest BCUT2D eigenvalue weighted by Crippen LogP contribution is -2.46. The molecule has 0 aromatic carbocycles. The van der Waals surface area contributed by atoms with Gasteiger partial charge in [0.2, 0.25) is 0 Å². The van der Waals surface area contributed by atoms with E-state index < -0.39 is 9.84 Å². The zero-order valence-electron chi connectivity index (χ0n) is 11.8. The minimum Gasteiger partial charge on any atom is -0.359 e. The van der Waals surface area contributed by atoms with Gasteiger partial charge in [0.05, 0.1) is 5.75 Å². The molecule has 2 rings (SSSR count). The van der Waals surface area contributed by atoms with Crippen LogP contribution in [0.3, 0.4) is 0 Å². The monoisotopic (exact) mass is 304 g/mol. The van der Waals surface area contributed by atoms with Gasteiger partial charge in [-0.3, -0.25) is 4.99 Å². The summed E-state index contributed by atoms with van der Waals surface area (Å²) in [7, 11) is -2.85. The number of thioether (sulfide) groups is 1. The van der Waals surface area contributed by atoms with Gasteiger partial charge in [-0.2, -0.15) is 0 Å². The maximum Gasteiger partial charge on any atom is 0.157 e. The molecule has 0 amide bonds. The van der Waals surface area contributed by atoms with E-state index in [1.165, 1.54) is 31.9 Å². The number of aliphatic imine (C=N–C) groups is 1. The summed E-state index contributed by atoms with van der Waals surface area (Å²) in [6.45, 7) is 2.93. The molecule has 19 heavy (non-hydrogen) atoms. The van der Waals surface area contributed by atoms with E-state index in [-0.39, 0.29) is 11.3 Å². The number of amidine groups is 1. The molecule has 6 heteroatoms. The zero-order chi connectivity index (χ0) is 13.9. The lowest BCUT2D eigenvalue weighted by Gasteiger charge is -2.35. The van der Waals surface area contributed by atoms with Gasteiger partial charge in [-0.25, -0.2) is 8.42 Å². The van der Waals surface area contributed by atoms with Crippen molar-refractivity contribution in [2.24, 2.45) is 10.9 Å². The van der Waals surface area contributed by atoms with Crippen molar-refractivity contribution in [1.82, 2.24) is 5.32 Å². The van der Waals surface area contributed by atoms with Crippen LogP contribution in [-0.2, 0) is 9.84 Å². The predicted octanol–water partition coefficient (Wildman–Crippen LogP) is 2.06. The molecule has 1 heterocycles. The smallest absolute Gasteiger partial charge is 0.157 e. The predicted molar refractivity (Wildman–Crippen MR) is 82.6 cm³/mol. The average Bonchev–Trinajstić information content (AvgIpc) is 2.72. The maximum absolute atomic E-state index is 11.0. The van der Waals surface area contributed by atoms with Gasteiger partial charge in [0, 0.05) is 24.1 Å². The Hall–Kier alpha value is -0.230. The number of nitrogens with zero attached hydrogens (tertiary/aromatic N) is 1. The molecule has 0 unspecified atom stereocenters. The SMILES string of the molecule is CC1CCC2(CC1)CSC(=NCCCS(C)(=O)=O)N2. The second-order valence-corrected chi connectivity index (χ2v) is 9.27. The molecule has 1 aliphatic carbocycles. The lowest BCUT2D eigenvalue weighted by molar-refractivity contribution is 0.251. The van der Waals surface area contributed by atoms with Gasteiger partial charge in [0.1, 0.15) is 9.84 Å². The second kappa shape index (κ2) is 6.04. The topological polar surface area (TPSA) is 58.5 Å². The fourth-order valence-corrected chi connectivity index (χ4v) is 4.58. The molecule has 2 fully saturated rings. The highest BCUT2D eigenvalue weighted by molar-refractivity contribution is 8.14. The van der Waals surface area contributed by atoms with Crippen molar-refractivity contribution in [3.05, 3.63) is 0 Å². The molecule has 110 valence electrons. The van der Waals surface area contributed by atoms with Crippen molar-refractivity contribution >= 4 is 26.8 Å². The normalized spacial score (nSPS) is 33.8. The van der Waals surface area contributed by atoms with E-state index >= 15 is 0 Å². The van der Waals surface area contributed by atoms with Crippen molar-refractivity contribution in [3.63, 3.8) is 0 Å². The Bertz CT molecular complexity index is 438. The average molecular weight is 304 g/mol. The standard InChI is InChI=1S/C13H24N2O2S2/c1-11-4-6-13(7-5-11)10-18-12(15-13)14-8-3-9-19(2,16)17/h11H,3-10H2,1-2H3,(H,14,15). The van der Waals surface area contributed by atoms with Gasteiger partial charge >= 0.3 is 0 Å². The minimum absolute atomic E-state index is 0.233. The van der Waals surface area contributed by atoms with Crippen LogP contribution in [0.15, 0.2) is 4.99 Å². The van der Waals surface area contributed by atoms with E-state index in [0.717, 1.165) is 16.8 Å². The molecule has 1 spiro atoms. The number of rotatable bonds is 4. The minimum atomic E-state index is -2.85. The van der Waals surface area contributed by atoms with E-state index in [1.807, 2.05) is 0 Å². The fourth-order valence-electron chi connectivity index (χ4n) is 2.68. The van der Waals surface area contributed by atoms with Crippen molar-refractivity contribution in [2.45, 2.75) is 44.6 Å². The Balaban J connectivity index is 1.78. The molecular weight excluding hydrogens is 280 g/mol. The molecule has 0 aromatic rings. The number of hydrogen-bond acceptors (Lipinski definition) is 4. The number of sulfone groups is 1. The Kier molecular flexibility index (Phi) is 4.82. The Morgan fingerprint density at radius 1 is 1.42 bits per heavy atom. The van der Waals surface area contributed by atoms with Crippen LogP contribution >= 0.6 is 11.8 Å². The molecule has 1 saturated carbocycles. The quantitative estimate of drug-likeness (QED) is 0.808. The van der Waals surface area contributed by atoms with E-state index in [1.54, 1.807) is 11.8 Å². The van der Waals surface area contributed by atoms with E-state index in [4.69, 9.17) is 0 Å². The van der Waals surface area contributed by atoms with Gasteiger partial charge in [0.25, 0.3) is 0 Å². The summed E-state index contributed by atoms with van der Waals surface area (Å²) in [6.07, 6.45) is 6.98. The lowest BCUT2D eigenvalue weighted by atomic mass is 9.78. The van der Waals surface area contributed by atoms with Gasteiger partial charge in [-0.05, 0) is 38.0 Å². The van der Waals surface area contributed by atoms with Crippen molar-refractivity contribution in [3.8, 4) is 0 Å². The van der Waals surface area contributed by atoms with Crippen LogP contribution in [0.25, 0.3) is 0 Å². The Morgan fingerprint density at radius 2 is 2.11 bits per heavy atom. The van der Waals surface area contributed by atoms with Crippen LogP contribution in [0.2, 0.25) is 0 Å². The largest absolute Gasteiger partial charge is 0.359 e. The Labute approximate surface area is 120 Å². The van der Waals surface area contributed by atoms with Crippen LogP contribution in [-0.4, -0.2) is 43.4 Å². The number of nitrogens with one attached hydrogen (secondary N) is 1. The maximum atomic E-state index is 11.0. The Morgan fingerprint density at radius 3 is 2.74 bits per heavy atom.